The van der Waals surface area contributed by atoms with E-state index in [1.165, 1.54) is 12.1 Å². The van der Waals surface area contributed by atoms with Crippen LogP contribution >= 0.6 is 0 Å². The summed E-state index contributed by atoms with van der Waals surface area (Å²) in [5.74, 6) is -0.278. The number of halogens is 1. The Hall–Kier alpha value is -1.13. The first kappa shape index (κ1) is 11.9. The Morgan fingerprint density at radius 3 is 2.73 bits per heavy atom. The monoisotopic (exact) mass is 212 g/mol. The zero-order chi connectivity index (χ0) is 11.3. The van der Waals surface area contributed by atoms with Crippen molar-refractivity contribution in [3.63, 3.8) is 0 Å². The molecule has 0 heterocycles. The molecule has 4 heteroatoms. The van der Waals surface area contributed by atoms with Crippen LogP contribution in [0.4, 0.5) is 10.1 Å². The highest BCUT2D eigenvalue weighted by atomic mass is 19.1. The van der Waals surface area contributed by atoms with Crippen LogP contribution in [0.3, 0.4) is 0 Å². The number of nitrogens with zero attached hydrogens (tertiary/aromatic N) is 1. The molecule has 0 aromatic heterocycles. The number of nitrogens with two attached hydrogens (primary N) is 1. The summed E-state index contributed by atoms with van der Waals surface area (Å²) in [6.45, 7) is 3.66. The Balaban J connectivity index is 2.99. The van der Waals surface area contributed by atoms with E-state index in [0.29, 0.717) is 13.1 Å². The van der Waals surface area contributed by atoms with Crippen LogP contribution in [0.15, 0.2) is 18.2 Å². The number of rotatable bonds is 5. The van der Waals surface area contributed by atoms with Crippen molar-refractivity contribution < 1.29 is 9.50 Å². The summed E-state index contributed by atoms with van der Waals surface area (Å²) in [7, 11) is 0. The maximum absolute atomic E-state index is 13.0. The summed E-state index contributed by atoms with van der Waals surface area (Å²) in [5, 5.41) is 8.90. The van der Waals surface area contributed by atoms with Crippen LogP contribution in [0.1, 0.15) is 12.5 Å². The molecule has 1 aromatic carbocycles. The van der Waals surface area contributed by atoms with E-state index >= 15 is 0 Å². The zero-order valence-electron chi connectivity index (χ0n) is 8.91. The lowest BCUT2D eigenvalue weighted by molar-refractivity contribution is 0.302. The quantitative estimate of drug-likeness (QED) is 0.768. The molecule has 0 atom stereocenters. The van der Waals surface area contributed by atoms with E-state index in [4.69, 9.17) is 10.8 Å². The first-order valence-corrected chi connectivity index (χ1v) is 5.07. The number of anilines is 1. The van der Waals surface area contributed by atoms with Crippen molar-refractivity contribution in [3.05, 3.63) is 29.6 Å². The van der Waals surface area contributed by atoms with Crippen LogP contribution in [0, 0.1) is 5.82 Å². The molecule has 1 aromatic rings. The van der Waals surface area contributed by atoms with E-state index in [2.05, 4.69) is 0 Å². The maximum Gasteiger partial charge on any atom is 0.123 e. The lowest BCUT2D eigenvalue weighted by atomic mass is 10.1. The topological polar surface area (TPSA) is 49.5 Å². The van der Waals surface area contributed by atoms with Gasteiger partial charge in [-0.2, -0.15) is 0 Å². The Kier molecular flexibility index (Phi) is 4.52. The van der Waals surface area contributed by atoms with E-state index in [0.717, 1.165) is 17.8 Å². The molecule has 0 aliphatic rings. The molecule has 84 valence electrons. The summed E-state index contributed by atoms with van der Waals surface area (Å²) in [6.07, 6.45) is 0. The number of hydrogen-bond donors (Lipinski definition) is 2. The van der Waals surface area contributed by atoms with Crippen LogP contribution in [0.5, 0.6) is 0 Å². The molecule has 3 N–H and O–H groups in total. The van der Waals surface area contributed by atoms with E-state index in [1.807, 2.05) is 11.8 Å². The number of aliphatic hydroxyl groups is 1. The highest BCUT2D eigenvalue weighted by Crippen LogP contribution is 2.20. The van der Waals surface area contributed by atoms with Gasteiger partial charge in [-0.05, 0) is 30.7 Å². The summed E-state index contributed by atoms with van der Waals surface area (Å²) >= 11 is 0. The Labute approximate surface area is 89.3 Å². The molecule has 0 amide bonds. The third-order valence-corrected chi connectivity index (χ3v) is 2.35. The number of benzene rings is 1. The molecule has 0 bridgehead atoms. The predicted octanol–water partition coefficient (Wildman–Crippen LogP) is 1.10. The zero-order valence-corrected chi connectivity index (χ0v) is 8.91. The largest absolute Gasteiger partial charge is 0.395 e. The minimum Gasteiger partial charge on any atom is -0.395 e. The number of aliphatic hydroxyl groups excluding tert-OH is 1. The first-order chi connectivity index (χ1) is 7.22. The van der Waals surface area contributed by atoms with Gasteiger partial charge in [0.1, 0.15) is 5.82 Å². The molecule has 1 rings (SSSR count). The van der Waals surface area contributed by atoms with Gasteiger partial charge < -0.3 is 15.7 Å². The van der Waals surface area contributed by atoms with Gasteiger partial charge in [-0.3, -0.25) is 0 Å². The van der Waals surface area contributed by atoms with E-state index in [-0.39, 0.29) is 12.4 Å². The van der Waals surface area contributed by atoms with E-state index in [1.54, 1.807) is 6.07 Å². The fraction of sp³-hybridized carbons (Fsp3) is 0.455. The van der Waals surface area contributed by atoms with Crippen LogP contribution in [-0.4, -0.2) is 24.8 Å². The standard InChI is InChI=1S/C11H17FN2O/c1-2-14(5-6-15)11-4-3-10(12)7-9(11)8-13/h3-4,7,15H,2,5-6,8,13H2,1H3. The average molecular weight is 212 g/mol. The summed E-state index contributed by atoms with van der Waals surface area (Å²) < 4.78 is 13.0. The van der Waals surface area contributed by atoms with Crippen molar-refractivity contribution in [2.45, 2.75) is 13.5 Å². The molecule has 0 radical (unpaired) electrons. The van der Waals surface area contributed by atoms with Crippen LogP contribution < -0.4 is 10.6 Å². The number of likely N-dealkylation sites (N-methyl/N-ethyl adjacent to an activating group) is 1. The molecule has 3 nitrogen and oxygen atoms in total. The predicted molar refractivity (Wildman–Crippen MR) is 59.3 cm³/mol. The Morgan fingerprint density at radius 1 is 1.47 bits per heavy atom. The maximum atomic E-state index is 13.0. The summed E-state index contributed by atoms with van der Waals surface area (Å²) in [6, 6.07) is 4.56. The van der Waals surface area contributed by atoms with Gasteiger partial charge in [0.25, 0.3) is 0 Å². The van der Waals surface area contributed by atoms with Gasteiger partial charge in [-0.15, -0.1) is 0 Å². The fourth-order valence-corrected chi connectivity index (χ4v) is 1.60. The average Bonchev–Trinajstić information content (AvgIpc) is 2.26. The van der Waals surface area contributed by atoms with Crippen LogP contribution in [0.25, 0.3) is 0 Å². The van der Waals surface area contributed by atoms with Gasteiger partial charge in [0.05, 0.1) is 6.61 Å². The third-order valence-electron chi connectivity index (χ3n) is 2.35. The first-order valence-electron chi connectivity index (χ1n) is 5.07. The van der Waals surface area contributed by atoms with Crippen molar-refractivity contribution >= 4 is 5.69 Å². The number of hydrogen-bond acceptors (Lipinski definition) is 3. The van der Waals surface area contributed by atoms with Gasteiger partial charge in [-0.1, -0.05) is 0 Å². The van der Waals surface area contributed by atoms with Crippen molar-refractivity contribution in [2.75, 3.05) is 24.6 Å². The minimum atomic E-state index is -0.278. The molecule has 0 aliphatic carbocycles. The second-order valence-corrected chi connectivity index (χ2v) is 3.28. The van der Waals surface area contributed by atoms with Crippen molar-refractivity contribution in [2.24, 2.45) is 5.73 Å². The molecule has 0 unspecified atom stereocenters. The molecule has 0 saturated carbocycles. The van der Waals surface area contributed by atoms with Crippen molar-refractivity contribution in [3.8, 4) is 0 Å². The summed E-state index contributed by atoms with van der Waals surface area (Å²) in [4.78, 5) is 1.97. The SMILES string of the molecule is CCN(CCO)c1ccc(F)cc1CN. The van der Waals surface area contributed by atoms with Gasteiger partial charge >= 0.3 is 0 Å². The highest BCUT2D eigenvalue weighted by molar-refractivity contribution is 5.53. The fourth-order valence-electron chi connectivity index (χ4n) is 1.60. The molecule has 0 aliphatic heterocycles. The van der Waals surface area contributed by atoms with Crippen molar-refractivity contribution in [1.29, 1.82) is 0 Å². The second kappa shape index (κ2) is 5.68. The Bertz CT molecular complexity index is 317. The third kappa shape index (κ3) is 2.91. The van der Waals surface area contributed by atoms with E-state index in [9.17, 15) is 4.39 Å². The smallest absolute Gasteiger partial charge is 0.123 e. The molecule has 0 spiro atoms. The van der Waals surface area contributed by atoms with Crippen molar-refractivity contribution in [1.82, 2.24) is 0 Å². The molecular weight excluding hydrogens is 195 g/mol. The second-order valence-electron chi connectivity index (χ2n) is 3.28. The highest BCUT2D eigenvalue weighted by Gasteiger charge is 2.08. The van der Waals surface area contributed by atoms with Gasteiger partial charge in [0.2, 0.25) is 0 Å². The Morgan fingerprint density at radius 2 is 2.20 bits per heavy atom. The molecule has 0 fully saturated rings. The van der Waals surface area contributed by atoms with Crippen LogP contribution in [-0.2, 0) is 6.54 Å². The van der Waals surface area contributed by atoms with Crippen LogP contribution in [0.2, 0.25) is 0 Å². The normalized spacial score (nSPS) is 10.4. The van der Waals surface area contributed by atoms with Gasteiger partial charge in [0, 0.05) is 25.3 Å². The van der Waals surface area contributed by atoms with Gasteiger partial charge in [0.15, 0.2) is 0 Å². The summed E-state index contributed by atoms with van der Waals surface area (Å²) in [5.41, 5.74) is 7.22. The minimum absolute atomic E-state index is 0.0786. The van der Waals surface area contributed by atoms with Gasteiger partial charge in [-0.25, -0.2) is 4.39 Å². The molecule has 0 saturated heterocycles. The lowest BCUT2D eigenvalue weighted by Crippen LogP contribution is -2.27. The molecular formula is C11H17FN2O. The lowest BCUT2D eigenvalue weighted by Gasteiger charge is -2.24. The molecule has 15 heavy (non-hydrogen) atoms. The van der Waals surface area contributed by atoms with E-state index < -0.39 is 0 Å².